The maximum atomic E-state index is 11.2. The minimum absolute atomic E-state index is 0.304. The van der Waals surface area contributed by atoms with E-state index in [4.69, 9.17) is 4.74 Å². The third-order valence-corrected chi connectivity index (χ3v) is 2.70. The highest BCUT2D eigenvalue weighted by Crippen LogP contribution is 2.06. The van der Waals surface area contributed by atoms with Gasteiger partial charge in [0.25, 0.3) is 0 Å². The van der Waals surface area contributed by atoms with E-state index in [1.54, 1.807) is 6.92 Å². The van der Waals surface area contributed by atoms with Crippen molar-refractivity contribution in [3.8, 4) is 0 Å². The van der Waals surface area contributed by atoms with Crippen LogP contribution >= 0.6 is 0 Å². The van der Waals surface area contributed by atoms with Crippen LogP contribution in [-0.4, -0.2) is 25.2 Å². The third kappa shape index (κ3) is 5.57. The molecule has 0 saturated carbocycles. The van der Waals surface area contributed by atoms with Crippen LogP contribution in [0.25, 0.3) is 0 Å². The summed E-state index contributed by atoms with van der Waals surface area (Å²) in [7, 11) is 0. The molecule has 0 rings (SSSR count). The molecular formula is C12H23NO2. The fraction of sp³-hybridized carbons (Fsp3) is 0.750. The van der Waals surface area contributed by atoms with Gasteiger partial charge in [-0.25, -0.2) is 4.79 Å². The van der Waals surface area contributed by atoms with E-state index in [2.05, 4.69) is 32.7 Å². The van der Waals surface area contributed by atoms with E-state index in [9.17, 15) is 4.79 Å². The summed E-state index contributed by atoms with van der Waals surface area (Å²) in [5.41, 5.74) is 0.493. The fourth-order valence-electron chi connectivity index (χ4n) is 1.14. The Morgan fingerprint density at radius 3 is 2.47 bits per heavy atom. The molecule has 1 N–H and O–H groups in total. The second-order valence-corrected chi connectivity index (χ2v) is 3.88. The van der Waals surface area contributed by atoms with Crippen LogP contribution in [0.5, 0.6) is 0 Å². The van der Waals surface area contributed by atoms with Crippen molar-refractivity contribution in [1.82, 2.24) is 5.32 Å². The molecule has 0 fully saturated rings. The summed E-state index contributed by atoms with van der Waals surface area (Å²) in [6.07, 6.45) is 1.13. The Hall–Kier alpha value is -0.830. The monoisotopic (exact) mass is 213 g/mol. The molecule has 88 valence electrons. The summed E-state index contributed by atoms with van der Waals surface area (Å²) >= 11 is 0. The molecule has 0 bridgehead atoms. The van der Waals surface area contributed by atoms with Gasteiger partial charge < -0.3 is 10.1 Å². The van der Waals surface area contributed by atoms with Crippen molar-refractivity contribution >= 4 is 5.97 Å². The molecule has 3 nitrogen and oxygen atoms in total. The van der Waals surface area contributed by atoms with Crippen molar-refractivity contribution in [2.75, 3.05) is 13.2 Å². The van der Waals surface area contributed by atoms with Gasteiger partial charge in [-0.05, 0) is 19.8 Å². The molecule has 0 aliphatic rings. The molecule has 0 aromatic heterocycles. The molecule has 2 unspecified atom stereocenters. The number of hydrogen-bond acceptors (Lipinski definition) is 3. The highest BCUT2D eigenvalue weighted by atomic mass is 16.5. The predicted octanol–water partition coefficient (Wildman–Crippen LogP) is 2.13. The summed E-state index contributed by atoms with van der Waals surface area (Å²) in [6, 6.07) is 0.390. The summed E-state index contributed by atoms with van der Waals surface area (Å²) in [5.74, 6) is 0.293. The number of carbonyl (C=O) groups is 1. The minimum atomic E-state index is -0.304. The molecule has 0 aliphatic heterocycles. The van der Waals surface area contributed by atoms with Crippen LogP contribution < -0.4 is 5.32 Å². The fourth-order valence-corrected chi connectivity index (χ4v) is 1.14. The number of esters is 1. The standard InChI is InChI=1S/C12H23NO2/c1-6-9(3)11(5)13-8-10(4)12(14)15-7-2/h9,11,13H,4,6-8H2,1-3,5H3. The van der Waals surface area contributed by atoms with Gasteiger partial charge in [0.15, 0.2) is 0 Å². The van der Waals surface area contributed by atoms with E-state index in [1.165, 1.54) is 0 Å². The SMILES string of the molecule is C=C(CNC(C)C(C)CC)C(=O)OCC. The summed E-state index contributed by atoms with van der Waals surface area (Å²) in [4.78, 5) is 11.2. The Morgan fingerprint density at radius 2 is 2.00 bits per heavy atom. The van der Waals surface area contributed by atoms with E-state index in [0.29, 0.717) is 30.7 Å². The maximum absolute atomic E-state index is 11.2. The van der Waals surface area contributed by atoms with Gasteiger partial charge in [-0.1, -0.05) is 26.8 Å². The van der Waals surface area contributed by atoms with Crippen molar-refractivity contribution < 1.29 is 9.53 Å². The zero-order valence-corrected chi connectivity index (χ0v) is 10.3. The summed E-state index contributed by atoms with van der Waals surface area (Å²) in [5, 5.41) is 3.27. The molecular weight excluding hydrogens is 190 g/mol. The highest BCUT2D eigenvalue weighted by molar-refractivity contribution is 5.88. The van der Waals surface area contributed by atoms with Crippen LogP contribution in [0, 0.1) is 5.92 Å². The van der Waals surface area contributed by atoms with Crippen LogP contribution in [0.4, 0.5) is 0 Å². The van der Waals surface area contributed by atoms with Crippen molar-refractivity contribution in [3.63, 3.8) is 0 Å². The van der Waals surface area contributed by atoms with Crippen LogP contribution in [0.15, 0.2) is 12.2 Å². The zero-order valence-electron chi connectivity index (χ0n) is 10.3. The van der Waals surface area contributed by atoms with Crippen molar-refractivity contribution in [2.45, 2.75) is 40.2 Å². The van der Waals surface area contributed by atoms with Gasteiger partial charge in [0, 0.05) is 18.2 Å². The lowest BCUT2D eigenvalue weighted by Gasteiger charge is -2.20. The Kier molecular flexibility index (Phi) is 7.05. The smallest absolute Gasteiger partial charge is 0.334 e. The first-order valence-electron chi connectivity index (χ1n) is 5.61. The summed E-state index contributed by atoms with van der Waals surface area (Å²) in [6.45, 7) is 12.8. The lowest BCUT2D eigenvalue weighted by atomic mass is 10.0. The molecule has 3 heteroatoms. The molecule has 0 radical (unpaired) electrons. The van der Waals surface area contributed by atoms with E-state index in [1.807, 2.05) is 0 Å². The van der Waals surface area contributed by atoms with Gasteiger partial charge in [0.1, 0.15) is 0 Å². The van der Waals surface area contributed by atoms with Crippen molar-refractivity contribution in [2.24, 2.45) is 5.92 Å². The van der Waals surface area contributed by atoms with Gasteiger partial charge in [0.05, 0.1) is 6.61 Å². The Balaban J connectivity index is 3.85. The second-order valence-electron chi connectivity index (χ2n) is 3.88. The first-order chi connectivity index (χ1) is 7.02. The predicted molar refractivity (Wildman–Crippen MR) is 62.7 cm³/mol. The van der Waals surface area contributed by atoms with Crippen LogP contribution in [0.1, 0.15) is 34.1 Å². The van der Waals surface area contributed by atoms with Crippen LogP contribution in [0.2, 0.25) is 0 Å². The quantitative estimate of drug-likeness (QED) is 0.520. The maximum Gasteiger partial charge on any atom is 0.334 e. The second kappa shape index (κ2) is 7.46. The first kappa shape index (κ1) is 14.2. The Labute approximate surface area is 92.9 Å². The molecule has 0 aromatic carbocycles. The Bertz CT molecular complexity index is 214. The third-order valence-electron chi connectivity index (χ3n) is 2.70. The molecule has 0 saturated heterocycles. The number of carbonyl (C=O) groups excluding carboxylic acids is 1. The van der Waals surface area contributed by atoms with E-state index < -0.39 is 0 Å². The van der Waals surface area contributed by atoms with Gasteiger partial charge in [-0.2, -0.15) is 0 Å². The average molecular weight is 213 g/mol. The molecule has 0 spiro atoms. The largest absolute Gasteiger partial charge is 0.463 e. The Morgan fingerprint density at radius 1 is 1.40 bits per heavy atom. The topological polar surface area (TPSA) is 38.3 Å². The van der Waals surface area contributed by atoms with Crippen molar-refractivity contribution in [3.05, 3.63) is 12.2 Å². The van der Waals surface area contributed by atoms with Gasteiger partial charge in [-0.15, -0.1) is 0 Å². The van der Waals surface area contributed by atoms with Crippen LogP contribution in [-0.2, 0) is 9.53 Å². The van der Waals surface area contributed by atoms with E-state index in [0.717, 1.165) is 6.42 Å². The molecule has 2 atom stereocenters. The number of ether oxygens (including phenoxy) is 1. The zero-order chi connectivity index (χ0) is 11.8. The van der Waals surface area contributed by atoms with Gasteiger partial charge in [0.2, 0.25) is 0 Å². The number of rotatable bonds is 7. The van der Waals surface area contributed by atoms with E-state index in [-0.39, 0.29) is 5.97 Å². The average Bonchev–Trinajstić information content (AvgIpc) is 2.24. The highest BCUT2D eigenvalue weighted by Gasteiger charge is 2.12. The first-order valence-corrected chi connectivity index (χ1v) is 5.61. The number of nitrogens with one attached hydrogen (secondary N) is 1. The molecule has 0 aromatic rings. The normalized spacial score (nSPS) is 14.4. The van der Waals surface area contributed by atoms with Crippen LogP contribution in [0.3, 0.4) is 0 Å². The van der Waals surface area contributed by atoms with E-state index >= 15 is 0 Å². The van der Waals surface area contributed by atoms with Gasteiger partial charge >= 0.3 is 5.97 Å². The lowest BCUT2D eigenvalue weighted by Crippen LogP contribution is -2.34. The van der Waals surface area contributed by atoms with Gasteiger partial charge in [-0.3, -0.25) is 0 Å². The van der Waals surface area contributed by atoms with Crippen molar-refractivity contribution in [1.29, 1.82) is 0 Å². The summed E-state index contributed by atoms with van der Waals surface area (Å²) < 4.78 is 4.84. The molecule has 15 heavy (non-hydrogen) atoms. The lowest BCUT2D eigenvalue weighted by molar-refractivity contribution is -0.138. The minimum Gasteiger partial charge on any atom is -0.463 e. The molecule has 0 heterocycles. The molecule has 0 amide bonds. The number of hydrogen-bond donors (Lipinski definition) is 1. The molecule has 0 aliphatic carbocycles.